The van der Waals surface area contributed by atoms with Gasteiger partial charge in [0.05, 0.1) is 36.1 Å². The number of likely N-dealkylation sites (tertiary alicyclic amines) is 1. The van der Waals surface area contributed by atoms with E-state index in [-0.39, 0.29) is 23.1 Å². The second kappa shape index (κ2) is 7.58. The van der Waals surface area contributed by atoms with E-state index < -0.39 is 0 Å². The minimum Gasteiger partial charge on any atom is -0.383 e. The van der Waals surface area contributed by atoms with E-state index in [1.54, 1.807) is 13.2 Å². The number of nitrogens with zero attached hydrogens (tertiary/aromatic N) is 3. The Hall–Kier alpha value is -1.95. The van der Waals surface area contributed by atoms with Crippen molar-refractivity contribution in [2.75, 3.05) is 20.3 Å². The van der Waals surface area contributed by atoms with Crippen LogP contribution in [0, 0.1) is 5.41 Å². The van der Waals surface area contributed by atoms with Crippen LogP contribution in [0.15, 0.2) is 11.6 Å². The fraction of sp³-hybridized carbons (Fsp3) is 0.667. The lowest BCUT2D eigenvalue weighted by atomic mass is 9.75. The summed E-state index contributed by atoms with van der Waals surface area (Å²) in [4.78, 5) is 27.6. The number of methoxy groups -OCH3 is 1. The molecule has 6 heteroatoms. The van der Waals surface area contributed by atoms with Gasteiger partial charge in [-0.1, -0.05) is 19.4 Å². The lowest BCUT2D eigenvalue weighted by Gasteiger charge is -2.30. The Bertz CT molecular complexity index is 772. The highest BCUT2D eigenvalue weighted by Crippen LogP contribution is 2.41. The van der Waals surface area contributed by atoms with Gasteiger partial charge in [-0.3, -0.25) is 14.3 Å². The first kappa shape index (κ1) is 19.8. The number of ether oxygens (including phenoxy) is 1. The van der Waals surface area contributed by atoms with E-state index in [4.69, 9.17) is 9.84 Å². The van der Waals surface area contributed by atoms with Crippen molar-refractivity contribution in [3.8, 4) is 0 Å². The second-order valence-electron chi connectivity index (χ2n) is 8.78. The van der Waals surface area contributed by atoms with Crippen LogP contribution in [0.5, 0.6) is 0 Å². The summed E-state index contributed by atoms with van der Waals surface area (Å²) in [6.45, 7) is 9.99. The molecule has 0 spiro atoms. The minimum atomic E-state index is -0.115. The summed E-state index contributed by atoms with van der Waals surface area (Å²) in [5, 5.41) is 4.84. The molecule has 0 aromatic carbocycles. The maximum absolute atomic E-state index is 13.0. The summed E-state index contributed by atoms with van der Waals surface area (Å²) in [6, 6.07) is -0.115. The highest BCUT2D eigenvalue weighted by atomic mass is 16.5. The van der Waals surface area contributed by atoms with Crippen LogP contribution in [0.1, 0.15) is 74.7 Å². The van der Waals surface area contributed by atoms with E-state index in [0.717, 1.165) is 41.8 Å². The topological polar surface area (TPSA) is 64.4 Å². The highest BCUT2D eigenvalue weighted by molar-refractivity contribution is 6.00. The number of allylic oxidation sites excluding steroid dienone is 1. The van der Waals surface area contributed by atoms with Crippen LogP contribution in [0.25, 0.3) is 0 Å². The molecule has 2 aliphatic rings. The number of carbonyl (C=O) groups is 2. The standard InChI is InChI=1S/C21H31N3O3/c1-14(2)11-18(26)23-8-6-7-15(23)20-19-16(24(22-20)9-10-27-5)12-21(3,4)13-17(19)25/h11,15H,6-10,12-13H2,1-5H3/t15-/m1/s1. The van der Waals surface area contributed by atoms with Crippen molar-refractivity contribution in [2.45, 2.75) is 66.0 Å². The third-order valence-electron chi connectivity index (χ3n) is 5.42. The number of ketones is 1. The van der Waals surface area contributed by atoms with Crippen LogP contribution < -0.4 is 0 Å². The quantitative estimate of drug-likeness (QED) is 0.743. The molecule has 148 valence electrons. The zero-order valence-electron chi connectivity index (χ0n) is 17.2. The first-order chi connectivity index (χ1) is 12.7. The molecule has 27 heavy (non-hydrogen) atoms. The summed E-state index contributed by atoms with van der Waals surface area (Å²) in [5.41, 5.74) is 3.46. The van der Waals surface area contributed by atoms with Gasteiger partial charge in [0, 0.05) is 26.2 Å². The molecule has 3 rings (SSSR count). The summed E-state index contributed by atoms with van der Waals surface area (Å²) >= 11 is 0. The van der Waals surface area contributed by atoms with Crippen molar-refractivity contribution in [3.63, 3.8) is 0 Å². The Kier molecular flexibility index (Phi) is 5.56. The zero-order valence-corrected chi connectivity index (χ0v) is 17.2. The van der Waals surface area contributed by atoms with Gasteiger partial charge in [-0.05, 0) is 38.5 Å². The Morgan fingerprint density at radius 3 is 2.74 bits per heavy atom. The number of rotatable bonds is 5. The predicted octanol–water partition coefficient (Wildman–Crippen LogP) is 3.31. The molecule has 1 aliphatic carbocycles. The Morgan fingerprint density at radius 1 is 1.33 bits per heavy atom. The molecule has 1 fully saturated rings. The van der Waals surface area contributed by atoms with Gasteiger partial charge in [0.15, 0.2) is 5.78 Å². The number of hydrogen-bond acceptors (Lipinski definition) is 4. The minimum absolute atomic E-state index is 0.0151. The normalized spacial score (nSPS) is 21.3. The van der Waals surface area contributed by atoms with E-state index in [1.807, 2.05) is 23.4 Å². The number of hydrogen-bond donors (Lipinski definition) is 0. The Balaban J connectivity index is 2.03. The SMILES string of the molecule is COCCn1nc([C@H]2CCCN2C(=O)C=C(C)C)c2c1CC(C)(C)CC2=O. The van der Waals surface area contributed by atoms with Gasteiger partial charge in [-0.15, -0.1) is 0 Å². The molecule has 1 saturated heterocycles. The number of carbonyl (C=O) groups excluding carboxylic acids is 2. The number of fused-ring (bicyclic) bond motifs is 1. The van der Waals surface area contributed by atoms with Crippen molar-refractivity contribution < 1.29 is 14.3 Å². The monoisotopic (exact) mass is 373 g/mol. The smallest absolute Gasteiger partial charge is 0.247 e. The van der Waals surface area contributed by atoms with Crippen molar-refractivity contribution in [3.05, 3.63) is 28.6 Å². The van der Waals surface area contributed by atoms with Crippen LogP contribution in [0.2, 0.25) is 0 Å². The molecule has 1 aromatic heterocycles. The molecule has 1 aromatic rings. The van der Waals surface area contributed by atoms with Gasteiger partial charge in [0.25, 0.3) is 0 Å². The van der Waals surface area contributed by atoms with Gasteiger partial charge < -0.3 is 9.64 Å². The van der Waals surface area contributed by atoms with Gasteiger partial charge in [-0.2, -0.15) is 5.10 Å². The fourth-order valence-electron chi connectivity index (χ4n) is 4.28. The van der Waals surface area contributed by atoms with Crippen LogP contribution in [-0.4, -0.2) is 46.6 Å². The molecule has 6 nitrogen and oxygen atoms in total. The second-order valence-corrected chi connectivity index (χ2v) is 8.78. The number of aromatic nitrogens is 2. The van der Waals surface area contributed by atoms with E-state index in [0.29, 0.717) is 26.1 Å². The van der Waals surface area contributed by atoms with Crippen molar-refractivity contribution in [1.29, 1.82) is 0 Å². The largest absolute Gasteiger partial charge is 0.383 e. The molecular formula is C21H31N3O3. The van der Waals surface area contributed by atoms with Crippen LogP contribution >= 0.6 is 0 Å². The third kappa shape index (κ3) is 4.00. The lowest BCUT2D eigenvalue weighted by molar-refractivity contribution is -0.127. The highest BCUT2D eigenvalue weighted by Gasteiger charge is 2.41. The predicted molar refractivity (Wildman–Crippen MR) is 104 cm³/mol. The van der Waals surface area contributed by atoms with Crippen molar-refractivity contribution in [1.82, 2.24) is 14.7 Å². The molecule has 0 radical (unpaired) electrons. The summed E-state index contributed by atoms with van der Waals surface area (Å²) < 4.78 is 7.17. The molecule has 1 amide bonds. The number of Topliss-reactive ketones (excluding diaryl/α,β-unsaturated/α-hetero) is 1. The van der Waals surface area contributed by atoms with Crippen molar-refractivity contribution >= 4 is 11.7 Å². The van der Waals surface area contributed by atoms with Gasteiger partial charge in [0.2, 0.25) is 5.91 Å². The van der Waals surface area contributed by atoms with E-state index >= 15 is 0 Å². The van der Waals surface area contributed by atoms with Gasteiger partial charge in [-0.25, -0.2) is 0 Å². The van der Waals surface area contributed by atoms with E-state index in [9.17, 15) is 9.59 Å². The van der Waals surface area contributed by atoms with E-state index in [1.165, 1.54) is 0 Å². The summed E-state index contributed by atoms with van der Waals surface area (Å²) in [5.74, 6) is 0.169. The molecule has 1 aliphatic heterocycles. The molecule has 1 atom stereocenters. The van der Waals surface area contributed by atoms with Crippen molar-refractivity contribution in [2.24, 2.45) is 5.41 Å². The number of amides is 1. The van der Waals surface area contributed by atoms with Crippen LogP contribution in [0.3, 0.4) is 0 Å². The zero-order chi connectivity index (χ0) is 19.8. The van der Waals surface area contributed by atoms with Gasteiger partial charge in [0.1, 0.15) is 0 Å². The molecule has 0 N–H and O–H groups in total. The van der Waals surface area contributed by atoms with Crippen LogP contribution in [-0.2, 0) is 22.5 Å². The van der Waals surface area contributed by atoms with Gasteiger partial charge >= 0.3 is 0 Å². The molecule has 0 bridgehead atoms. The van der Waals surface area contributed by atoms with E-state index in [2.05, 4.69) is 13.8 Å². The third-order valence-corrected chi connectivity index (χ3v) is 5.42. The first-order valence-corrected chi connectivity index (χ1v) is 9.81. The molecular weight excluding hydrogens is 342 g/mol. The molecule has 0 saturated carbocycles. The maximum Gasteiger partial charge on any atom is 0.247 e. The Labute approximate surface area is 161 Å². The summed E-state index contributed by atoms with van der Waals surface area (Å²) in [7, 11) is 1.67. The first-order valence-electron chi connectivity index (χ1n) is 9.81. The average Bonchev–Trinajstić information content (AvgIpc) is 3.15. The average molecular weight is 373 g/mol. The van der Waals surface area contributed by atoms with Crippen LogP contribution in [0.4, 0.5) is 0 Å². The summed E-state index contributed by atoms with van der Waals surface area (Å²) in [6.07, 6.45) is 4.81. The maximum atomic E-state index is 13.0. The molecule has 2 heterocycles. The fourth-order valence-corrected chi connectivity index (χ4v) is 4.28. The lowest BCUT2D eigenvalue weighted by Crippen LogP contribution is -2.32. The Morgan fingerprint density at radius 2 is 2.07 bits per heavy atom. The molecule has 0 unspecified atom stereocenters.